The second kappa shape index (κ2) is 5.63. The first kappa shape index (κ1) is 13.1. The third-order valence-electron chi connectivity index (χ3n) is 3.08. The largest absolute Gasteiger partial charge is 0.356 e. The highest BCUT2D eigenvalue weighted by Crippen LogP contribution is 2.24. The monoisotopic (exact) mass is 291 g/mol. The number of fused-ring (bicyclic) bond motifs is 1. The zero-order chi connectivity index (χ0) is 13.9. The molecule has 0 aliphatic heterocycles. The SMILES string of the molecule is CCCC(Cl)c1noc(Cc2noc3ccccc23)n1. The van der Waals surface area contributed by atoms with Crippen LogP contribution < -0.4 is 0 Å². The zero-order valence-electron chi connectivity index (χ0n) is 11.0. The lowest BCUT2D eigenvalue weighted by molar-refractivity contribution is 0.374. The fourth-order valence-electron chi connectivity index (χ4n) is 2.06. The molecular weight excluding hydrogens is 278 g/mol. The van der Waals surface area contributed by atoms with Crippen LogP contribution >= 0.6 is 11.6 Å². The number of hydrogen-bond donors (Lipinski definition) is 0. The van der Waals surface area contributed by atoms with Crippen molar-refractivity contribution in [2.45, 2.75) is 31.6 Å². The van der Waals surface area contributed by atoms with E-state index in [2.05, 4.69) is 22.2 Å². The lowest BCUT2D eigenvalue weighted by Gasteiger charge is -1.99. The van der Waals surface area contributed by atoms with Crippen molar-refractivity contribution < 1.29 is 9.05 Å². The predicted octanol–water partition coefficient (Wildman–Crippen LogP) is 3.88. The summed E-state index contributed by atoms with van der Waals surface area (Å²) in [6.45, 7) is 2.07. The maximum Gasteiger partial charge on any atom is 0.232 e. The molecule has 1 atom stereocenters. The zero-order valence-corrected chi connectivity index (χ0v) is 11.8. The lowest BCUT2D eigenvalue weighted by Crippen LogP contribution is -1.94. The second-order valence-corrected chi connectivity index (χ2v) is 5.13. The van der Waals surface area contributed by atoms with Gasteiger partial charge in [-0.1, -0.05) is 35.8 Å². The Hall–Kier alpha value is -1.88. The average Bonchev–Trinajstić information content (AvgIpc) is 3.08. The van der Waals surface area contributed by atoms with Crippen LogP contribution in [-0.4, -0.2) is 15.3 Å². The van der Waals surface area contributed by atoms with Gasteiger partial charge in [-0.3, -0.25) is 0 Å². The first-order valence-electron chi connectivity index (χ1n) is 6.57. The standard InChI is InChI=1S/C14H14ClN3O2/c1-2-5-10(15)14-16-13(20-18-14)8-11-9-6-3-4-7-12(9)19-17-11/h3-4,6-7,10H,2,5,8H2,1H3. The van der Waals surface area contributed by atoms with Gasteiger partial charge >= 0.3 is 0 Å². The second-order valence-electron chi connectivity index (χ2n) is 4.60. The molecule has 0 saturated heterocycles. The van der Waals surface area contributed by atoms with E-state index in [0.29, 0.717) is 18.1 Å². The quantitative estimate of drug-likeness (QED) is 0.667. The lowest BCUT2D eigenvalue weighted by atomic mass is 10.2. The first-order chi connectivity index (χ1) is 9.78. The van der Waals surface area contributed by atoms with Gasteiger partial charge < -0.3 is 9.05 Å². The number of halogens is 1. The van der Waals surface area contributed by atoms with E-state index in [9.17, 15) is 0 Å². The van der Waals surface area contributed by atoms with Gasteiger partial charge in [-0.25, -0.2) is 0 Å². The molecule has 0 aliphatic rings. The minimum absolute atomic E-state index is 0.202. The van der Waals surface area contributed by atoms with Crippen LogP contribution in [0.4, 0.5) is 0 Å². The van der Waals surface area contributed by atoms with Gasteiger partial charge in [-0.2, -0.15) is 4.98 Å². The van der Waals surface area contributed by atoms with Gasteiger partial charge in [0.1, 0.15) is 5.69 Å². The average molecular weight is 292 g/mol. The highest BCUT2D eigenvalue weighted by molar-refractivity contribution is 6.20. The number of aromatic nitrogens is 3. The van der Waals surface area contributed by atoms with Gasteiger partial charge in [0.05, 0.1) is 11.8 Å². The summed E-state index contributed by atoms with van der Waals surface area (Å²) in [5, 5.41) is 8.72. The topological polar surface area (TPSA) is 65.0 Å². The van der Waals surface area contributed by atoms with E-state index in [4.69, 9.17) is 20.6 Å². The Kier molecular flexibility index (Phi) is 3.69. The fraction of sp³-hybridized carbons (Fsp3) is 0.357. The summed E-state index contributed by atoms with van der Waals surface area (Å²) in [5.74, 6) is 1.04. The fourth-order valence-corrected chi connectivity index (χ4v) is 2.37. The summed E-state index contributed by atoms with van der Waals surface area (Å²) < 4.78 is 10.5. The molecule has 1 aromatic carbocycles. The molecule has 0 aliphatic carbocycles. The number of hydrogen-bond acceptors (Lipinski definition) is 5. The van der Waals surface area contributed by atoms with Crippen molar-refractivity contribution in [1.82, 2.24) is 15.3 Å². The van der Waals surface area contributed by atoms with Crippen molar-refractivity contribution in [2.75, 3.05) is 0 Å². The molecule has 3 rings (SSSR count). The van der Waals surface area contributed by atoms with Crippen LogP contribution in [0.25, 0.3) is 11.0 Å². The molecule has 0 radical (unpaired) electrons. The summed E-state index contributed by atoms with van der Waals surface area (Å²) in [4.78, 5) is 4.32. The Morgan fingerprint density at radius 3 is 2.90 bits per heavy atom. The molecule has 6 heteroatoms. The molecule has 3 aromatic rings. The van der Waals surface area contributed by atoms with Crippen LogP contribution in [0.5, 0.6) is 0 Å². The van der Waals surface area contributed by atoms with Crippen molar-refractivity contribution >= 4 is 22.6 Å². The molecule has 0 spiro atoms. The molecule has 1 unspecified atom stereocenters. The first-order valence-corrected chi connectivity index (χ1v) is 7.01. The number of rotatable bonds is 5. The van der Waals surface area contributed by atoms with E-state index in [-0.39, 0.29) is 5.38 Å². The van der Waals surface area contributed by atoms with Crippen LogP contribution in [0.3, 0.4) is 0 Å². The van der Waals surface area contributed by atoms with Crippen LogP contribution in [0, 0.1) is 0 Å². The van der Waals surface area contributed by atoms with Gasteiger partial charge in [-0.15, -0.1) is 11.6 Å². The minimum Gasteiger partial charge on any atom is -0.356 e. The summed E-state index contributed by atoms with van der Waals surface area (Å²) in [5.41, 5.74) is 1.54. The van der Waals surface area contributed by atoms with Crippen LogP contribution in [0.1, 0.15) is 42.6 Å². The molecular formula is C14H14ClN3O2. The molecule has 2 aromatic heterocycles. The van der Waals surface area contributed by atoms with Gasteiger partial charge in [0.2, 0.25) is 5.89 Å². The molecule has 2 heterocycles. The smallest absolute Gasteiger partial charge is 0.232 e. The summed E-state index contributed by atoms with van der Waals surface area (Å²) >= 11 is 6.18. The van der Waals surface area contributed by atoms with Gasteiger partial charge in [0, 0.05) is 5.39 Å². The third kappa shape index (κ3) is 2.54. The molecule has 0 bridgehead atoms. The Bertz CT molecular complexity index is 707. The van der Waals surface area contributed by atoms with E-state index in [1.54, 1.807) is 0 Å². The van der Waals surface area contributed by atoms with Crippen LogP contribution in [-0.2, 0) is 6.42 Å². The van der Waals surface area contributed by atoms with E-state index >= 15 is 0 Å². The van der Waals surface area contributed by atoms with E-state index < -0.39 is 0 Å². The van der Waals surface area contributed by atoms with E-state index in [1.165, 1.54) is 0 Å². The number of nitrogens with zero attached hydrogens (tertiary/aromatic N) is 3. The highest BCUT2D eigenvalue weighted by Gasteiger charge is 2.17. The molecule has 20 heavy (non-hydrogen) atoms. The molecule has 0 N–H and O–H groups in total. The van der Waals surface area contributed by atoms with Crippen molar-refractivity contribution in [3.05, 3.63) is 41.7 Å². The van der Waals surface area contributed by atoms with Crippen molar-refractivity contribution in [3.8, 4) is 0 Å². The van der Waals surface area contributed by atoms with Crippen molar-refractivity contribution in [3.63, 3.8) is 0 Å². The minimum atomic E-state index is -0.202. The van der Waals surface area contributed by atoms with E-state index in [1.807, 2.05) is 24.3 Å². The third-order valence-corrected chi connectivity index (χ3v) is 3.49. The summed E-state index contributed by atoms with van der Waals surface area (Å²) in [6.07, 6.45) is 2.25. The van der Waals surface area contributed by atoms with Gasteiger partial charge in [0.15, 0.2) is 11.4 Å². The number of benzene rings is 1. The normalized spacial score (nSPS) is 12.9. The maximum atomic E-state index is 6.18. The van der Waals surface area contributed by atoms with Crippen molar-refractivity contribution in [2.24, 2.45) is 0 Å². The Labute approximate surface area is 120 Å². The predicted molar refractivity (Wildman–Crippen MR) is 74.6 cm³/mol. The molecule has 104 valence electrons. The van der Waals surface area contributed by atoms with Gasteiger partial charge in [0.25, 0.3) is 0 Å². The Morgan fingerprint density at radius 2 is 2.05 bits per heavy atom. The van der Waals surface area contributed by atoms with Crippen LogP contribution in [0.15, 0.2) is 33.3 Å². The molecule has 0 saturated carbocycles. The summed E-state index contributed by atoms with van der Waals surface area (Å²) in [7, 11) is 0. The van der Waals surface area contributed by atoms with E-state index in [0.717, 1.165) is 29.5 Å². The van der Waals surface area contributed by atoms with Gasteiger partial charge in [-0.05, 0) is 18.6 Å². The highest BCUT2D eigenvalue weighted by atomic mass is 35.5. The van der Waals surface area contributed by atoms with Crippen LogP contribution in [0.2, 0.25) is 0 Å². The Balaban J connectivity index is 1.81. The molecule has 0 fully saturated rings. The molecule has 0 amide bonds. The van der Waals surface area contributed by atoms with Crippen molar-refractivity contribution in [1.29, 1.82) is 0 Å². The number of para-hydroxylation sites is 1. The Morgan fingerprint density at radius 1 is 1.20 bits per heavy atom. The number of alkyl halides is 1. The molecule has 5 nitrogen and oxygen atoms in total. The summed E-state index contributed by atoms with van der Waals surface area (Å²) in [6, 6.07) is 7.68. The maximum absolute atomic E-state index is 6.18.